The first-order valence-electron chi connectivity index (χ1n) is 4.74. The SMILES string of the molecule is COc1ccc(CC(C)C[C]=O)cc1. The smallest absolute Gasteiger partial charge is 0.198 e. The summed E-state index contributed by atoms with van der Waals surface area (Å²) in [5, 5.41) is 0. The van der Waals surface area contributed by atoms with Gasteiger partial charge in [-0.25, -0.2) is 0 Å². The maximum absolute atomic E-state index is 10.2. The highest BCUT2D eigenvalue weighted by atomic mass is 16.5. The van der Waals surface area contributed by atoms with Gasteiger partial charge < -0.3 is 4.74 Å². The zero-order valence-electron chi connectivity index (χ0n) is 8.62. The second-order valence-electron chi connectivity index (χ2n) is 3.51. The van der Waals surface area contributed by atoms with Gasteiger partial charge in [0.1, 0.15) is 5.75 Å². The highest BCUT2D eigenvalue weighted by Crippen LogP contribution is 2.15. The normalized spacial score (nSPS) is 12.1. The molecule has 1 unspecified atom stereocenters. The Hall–Kier alpha value is -1.31. The summed E-state index contributed by atoms with van der Waals surface area (Å²) in [4.78, 5) is 10.2. The minimum atomic E-state index is 0.362. The predicted molar refractivity (Wildman–Crippen MR) is 56.2 cm³/mol. The van der Waals surface area contributed by atoms with Crippen LogP contribution >= 0.6 is 0 Å². The molecular weight excluding hydrogens is 176 g/mol. The van der Waals surface area contributed by atoms with E-state index in [9.17, 15) is 4.79 Å². The maximum atomic E-state index is 10.2. The fourth-order valence-corrected chi connectivity index (χ4v) is 1.38. The Labute approximate surface area is 84.9 Å². The van der Waals surface area contributed by atoms with Gasteiger partial charge in [-0.2, -0.15) is 0 Å². The van der Waals surface area contributed by atoms with Crippen molar-refractivity contribution in [3.8, 4) is 5.75 Å². The van der Waals surface area contributed by atoms with E-state index in [1.807, 2.05) is 30.6 Å². The van der Waals surface area contributed by atoms with Gasteiger partial charge in [-0.1, -0.05) is 19.1 Å². The van der Waals surface area contributed by atoms with Gasteiger partial charge in [0.05, 0.1) is 7.11 Å². The molecular formula is C12H15O2. The van der Waals surface area contributed by atoms with Crippen molar-refractivity contribution in [2.75, 3.05) is 7.11 Å². The predicted octanol–water partition coefficient (Wildman–Crippen LogP) is 2.37. The molecule has 2 nitrogen and oxygen atoms in total. The van der Waals surface area contributed by atoms with Crippen LogP contribution in [-0.2, 0) is 11.2 Å². The van der Waals surface area contributed by atoms with E-state index >= 15 is 0 Å². The summed E-state index contributed by atoms with van der Waals surface area (Å²) in [6.07, 6.45) is 3.36. The molecule has 0 saturated carbocycles. The third-order valence-electron chi connectivity index (χ3n) is 2.18. The average molecular weight is 191 g/mol. The molecule has 14 heavy (non-hydrogen) atoms. The average Bonchev–Trinajstić information content (AvgIpc) is 2.19. The molecule has 0 heterocycles. The molecule has 0 saturated heterocycles. The lowest BCUT2D eigenvalue weighted by Gasteiger charge is -2.07. The highest BCUT2D eigenvalue weighted by Gasteiger charge is 2.03. The van der Waals surface area contributed by atoms with Crippen LogP contribution in [0.3, 0.4) is 0 Å². The lowest BCUT2D eigenvalue weighted by molar-refractivity contribution is 0.414. The Morgan fingerprint density at radius 2 is 2.00 bits per heavy atom. The number of rotatable bonds is 5. The lowest BCUT2D eigenvalue weighted by Crippen LogP contribution is -2.00. The van der Waals surface area contributed by atoms with E-state index in [1.165, 1.54) is 5.56 Å². The van der Waals surface area contributed by atoms with Crippen LogP contribution in [0.1, 0.15) is 18.9 Å². The number of ether oxygens (including phenoxy) is 1. The molecule has 0 fully saturated rings. The molecule has 0 spiro atoms. The Balaban J connectivity index is 2.54. The second-order valence-corrected chi connectivity index (χ2v) is 3.51. The van der Waals surface area contributed by atoms with Crippen molar-refractivity contribution >= 4 is 6.29 Å². The van der Waals surface area contributed by atoms with E-state index in [-0.39, 0.29) is 0 Å². The Morgan fingerprint density at radius 1 is 1.36 bits per heavy atom. The van der Waals surface area contributed by atoms with E-state index in [4.69, 9.17) is 4.74 Å². The summed E-state index contributed by atoms with van der Waals surface area (Å²) in [7, 11) is 1.65. The first kappa shape index (κ1) is 10.8. The van der Waals surface area contributed by atoms with Gasteiger partial charge in [0, 0.05) is 6.42 Å². The topological polar surface area (TPSA) is 26.3 Å². The number of methoxy groups -OCH3 is 1. The van der Waals surface area contributed by atoms with Crippen molar-refractivity contribution in [1.29, 1.82) is 0 Å². The van der Waals surface area contributed by atoms with Crippen LogP contribution < -0.4 is 4.74 Å². The fourth-order valence-electron chi connectivity index (χ4n) is 1.38. The van der Waals surface area contributed by atoms with E-state index in [2.05, 4.69) is 6.92 Å². The van der Waals surface area contributed by atoms with E-state index in [0.29, 0.717) is 12.3 Å². The van der Waals surface area contributed by atoms with Gasteiger partial charge in [0.15, 0.2) is 6.29 Å². The Morgan fingerprint density at radius 3 is 2.50 bits per heavy atom. The van der Waals surface area contributed by atoms with Gasteiger partial charge in [-0.15, -0.1) is 0 Å². The van der Waals surface area contributed by atoms with Crippen molar-refractivity contribution in [1.82, 2.24) is 0 Å². The number of hydrogen-bond acceptors (Lipinski definition) is 2. The second kappa shape index (κ2) is 5.43. The zero-order chi connectivity index (χ0) is 10.4. The van der Waals surface area contributed by atoms with Crippen LogP contribution in [0.15, 0.2) is 24.3 Å². The van der Waals surface area contributed by atoms with Crippen molar-refractivity contribution in [2.24, 2.45) is 5.92 Å². The molecule has 1 aromatic rings. The largest absolute Gasteiger partial charge is 0.497 e. The van der Waals surface area contributed by atoms with Crippen molar-refractivity contribution < 1.29 is 9.53 Å². The molecule has 0 amide bonds. The van der Waals surface area contributed by atoms with Gasteiger partial charge in [-0.3, -0.25) is 4.79 Å². The van der Waals surface area contributed by atoms with Gasteiger partial charge in [-0.05, 0) is 30.0 Å². The zero-order valence-corrected chi connectivity index (χ0v) is 8.62. The van der Waals surface area contributed by atoms with Gasteiger partial charge in [0.25, 0.3) is 0 Å². The first-order chi connectivity index (χ1) is 6.76. The van der Waals surface area contributed by atoms with Crippen LogP contribution in [-0.4, -0.2) is 13.4 Å². The molecule has 0 aliphatic carbocycles. The van der Waals surface area contributed by atoms with Crippen molar-refractivity contribution in [3.05, 3.63) is 29.8 Å². The van der Waals surface area contributed by atoms with Crippen LogP contribution in [0.5, 0.6) is 5.75 Å². The molecule has 2 heteroatoms. The molecule has 0 aliphatic rings. The molecule has 75 valence electrons. The summed E-state index contributed by atoms with van der Waals surface area (Å²) in [5.41, 5.74) is 1.23. The van der Waals surface area contributed by atoms with Crippen LogP contribution in [0.2, 0.25) is 0 Å². The van der Waals surface area contributed by atoms with Crippen LogP contribution in [0.4, 0.5) is 0 Å². The lowest BCUT2D eigenvalue weighted by atomic mass is 9.99. The summed E-state index contributed by atoms with van der Waals surface area (Å²) in [6, 6.07) is 7.93. The monoisotopic (exact) mass is 191 g/mol. The van der Waals surface area contributed by atoms with Gasteiger partial charge in [0.2, 0.25) is 0 Å². The molecule has 1 aromatic carbocycles. The Kier molecular flexibility index (Phi) is 4.17. The maximum Gasteiger partial charge on any atom is 0.198 e. The number of carbonyl (C=O) groups excluding carboxylic acids is 1. The van der Waals surface area contributed by atoms with E-state index in [0.717, 1.165) is 12.2 Å². The fraction of sp³-hybridized carbons (Fsp3) is 0.417. The van der Waals surface area contributed by atoms with Crippen LogP contribution in [0, 0.1) is 5.92 Å². The minimum absolute atomic E-state index is 0.362. The first-order valence-corrected chi connectivity index (χ1v) is 4.74. The molecule has 1 rings (SSSR count). The molecule has 0 bridgehead atoms. The van der Waals surface area contributed by atoms with Crippen molar-refractivity contribution in [3.63, 3.8) is 0 Å². The Bertz CT molecular complexity index is 277. The highest BCUT2D eigenvalue weighted by molar-refractivity contribution is 5.50. The molecule has 0 aromatic heterocycles. The standard InChI is InChI=1S/C12H15O2/c1-10(7-8-13)9-11-3-5-12(14-2)6-4-11/h3-6,10H,7,9H2,1-2H3. The summed E-state index contributed by atoms with van der Waals surface area (Å²) >= 11 is 0. The minimum Gasteiger partial charge on any atom is -0.497 e. The number of benzene rings is 1. The quantitative estimate of drug-likeness (QED) is 0.714. The molecule has 1 radical (unpaired) electrons. The molecule has 1 atom stereocenters. The summed E-state index contributed by atoms with van der Waals surface area (Å²) in [6.45, 7) is 2.05. The third-order valence-corrected chi connectivity index (χ3v) is 2.18. The van der Waals surface area contributed by atoms with Crippen LogP contribution in [0.25, 0.3) is 0 Å². The summed E-state index contributed by atoms with van der Waals surface area (Å²) in [5.74, 6) is 1.23. The number of hydrogen-bond donors (Lipinski definition) is 0. The molecule has 0 aliphatic heterocycles. The molecule has 0 N–H and O–H groups in total. The van der Waals surface area contributed by atoms with Gasteiger partial charge >= 0.3 is 0 Å². The third kappa shape index (κ3) is 3.21. The summed E-state index contributed by atoms with van der Waals surface area (Å²) < 4.78 is 5.06. The van der Waals surface area contributed by atoms with E-state index in [1.54, 1.807) is 7.11 Å². The van der Waals surface area contributed by atoms with E-state index < -0.39 is 0 Å². The van der Waals surface area contributed by atoms with Crippen molar-refractivity contribution in [2.45, 2.75) is 19.8 Å².